The van der Waals surface area contributed by atoms with Gasteiger partial charge < -0.3 is 5.73 Å². The van der Waals surface area contributed by atoms with Gasteiger partial charge in [0.15, 0.2) is 0 Å². The lowest BCUT2D eigenvalue weighted by atomic mass is 9.99. The number of rotatable bonds is 1. The first kappa shape index (κ1) is 13.5. The van der Waals surface area contributed by atoms with Crippen molar-refractivity contribution in [3.63, 3.8) is 0 Å². The lowest BCUT2D eigenvalue weighted by molar-refractivity contribution is 0.100. The number of nitrogens with two attached hydrogens (primary N) is 1. The largest absolute Gasteiger partial charge is 0.366 e. The molecule has 0 heterocycles. The Hall–Kier alpha value is -1.48. The van der Waals surface area contributed by atoms with Gasteiger partial charge >= 0.3 is 0 Å². The fourth-order valence-corrected chi connectivity index (χ4v) is 2.89. The number of halogens is 3. The predicted octanol–water partition coefficient (Wildman–Crippen LogP) is 5.05. The second kappa shape index (κ2) is 4.81. The summed E-state index contributed by atoms with van der Waals surface area (Å²) in [7, 11) is 0. The van der Waals surface area contributed by atoms with Crippen molar-refractivity contribution in [1.29, 1.82) is 0 Å². The highest BCUT2D eigenvalue weighted by Crippen LogP contribution is 2.36. The average Bonchev–Trinajstić information content (AvgIpc) is 2.42. The van der Waals surface area contributed by atoms with Crippen molar-refractivity contribution in [2.45, 2.75) is 0 Å². The maximum absolute atomic E-state index is 11.5. The molecule has 0 radical (unpaired) electrons. The molecule has 0 bridgehead atoms. The van der Waals surface area contributed by atoms with Gasteiger partial charge in [-0.3, -0.25) is 4.79 Å². The summed E-state index contributed by atoms with van der Waals surface area (Å²) in [6.07, 6.45) is 0. The van der Waals surface area contributed by atoms with Crippen LogP contribution in [0, 0.1) is 0 Å². The molecular formula is C15H8Cl3NO. The summed E-state index contributed by atoms with van der Waals surface area (Å²) in [5.41, 5.74) is 5.83. The van der Waals surface area contributed by atoms with E-state index in [0.29, 0.717) is 26.0 Å². The molecule has 0 unspecified atom stereocenters. The summed E-state index contributed by atoms with van der Waals surface area (Å²) in [6, 6.07) is 10.5. The minimum atomic E-state index is -0.494. The van der Waals surface area contributed by atoms with Crippen molar-refractivity contribution >= 4 is 62.3 Å². The third-order valence-electron chi connectivity index (χ3n) is 3.25. The Kier molecular flexibility index (Phi) is 3.25. The highest BCUT2D eigenvalue weighted by atomic mass is 35.5. The van der Waals surface area contributed by atoms with E-state index in [2.05, 4.69) is 0 Å². The quantitative estimate of drug-likeness (QED) is 0.625. The van der Waals surface area contributed by atoms with Crippen LogP contribution in [0.4, 0.5) is 0 Å². The first-order valence-electron chi connectivity index (χ1n) is 5.79. The molecule has 2 nitrogen and oxygen atoms in total. The third-order valence-corrected chi connectivity index (χ3v) is 4.40. The number of fused-ring (bicyclic) bond motifs is 2. The van der Waals surface area contributed by atoms with Crippen LogP contribution >= 0.6 is 34.8 Å². The van der Waals surface area contributed by atoms with E-state index in [1.54, 1.807) is 18.2 Å². The van der Waals surface area contributed by atoms with Crippen LogP contribution in [0.15, 0.2) is 36.4 Å². The normalized spacial score (nSPS) is 11.2. The summed E-state index contributed by atoms with van der Waals surface area (Å²) >= 11 is 18.4. The van der Waals surface area contributed by atoms with Crippen molar-refractivity contribution in [3.05, 3.63) is 57.0 Å². The van der Waals surface area contributed by atoms with E-state index in [4.69, 9.17) is 40.5 Å². The third kappa shape index (κ3) is 2.01. The Morgan fingerprint density at radius 3 is 2.25 bits per heavy atom. The van der Waals surface area contributed by atoms with Gasteiger partial charge in [-0.25, -0.2) is 0 Å². The van der Waals surface area contributed by atoms with Gasteiger partial charge in [0.1, 0.15) is 0 Å². The Morgan fingerprint density at radius 2 is 1.55 bits per heavy atom. The van der Waals surface area contributed by atoms with Crippen LogP contribution in [0.5, 0.6) is 0 Å². The van der Waals surface area contributed by atoms with Crippen LogP contribution in [0.1, 0.15) is 10.4 Å². The van der Waals surface area contributed by atoms with Gasteiger partial charge in [0.25, 0.3) is 0 Å². The molecule has 1 amide bonds. The summed E-state index contributed by atoms with van der Waals surface area (Å²) < 4.78 is 0. The van der Waals surface area contributed by atoms with Gasteiger partial charge in [-0.2, -0.15) is 0 Å². The molecule has 0 saturated heterocycles. The molecule has 5 heteroatoms. The molecule has 2 N–H and O–H groups in total. The van der Waals surface area contributed by atoms with Crippen molar-refractivity contribution < 1.29 is 4.79 Å². The molecule has 0 aromatic heterocycles. The Morgan fingerprint density at radius 1 is 0.850 bits per heavy atom. The zero-order valence-corrected chi connectivity index (χ0v) is 12.4. The maximum atomic E-state index is 11.5. The van der Waals surface area contributed by atoms with Crippen LogP contribution in [-0.2, 0) is 0 Å². The highest BCUT2D eigenvalue weighted by Gasteiger charge is 2.12. The SMILES string of the molecule is NC(=O)c1ccc(Cl)c2cc3c(Cl)c(Cl)ccc3cc12. The van der Waals surface area contributed by atoms with Crippen molar-refractivity contribution in [3.8, 4) is 0 Å². The van der Waals surface area contributed by atoms with Gasteiger partial charge in [-0.15, -0.1) is 0 Å². The van der Waals surface area contributed by atoms with E-state index in [0.717, 1.165) is 16.2 Å². The second-order valence-electron chi connectivity index (χ2n) is 4.44. The fraction of sp³-hybridized carbons (Fsp3) is 0. The Labute approximate surface area is 130 Å². The minimum Gasteiger partial charge on any atom is -0.366 e. The Bertz CT molecular complexity index is 874. The van der Waals surface area contributed by atoms with Gasteiger partial charge in [0, 0.05) is 21.4 Å². The molecule has 0 atom stereocenters. The van der Waals surface area contributed by atoms with Crippen molar-refractivity contribution in [2.75, 3.05) is 0 Å². The average molecular weight is 325 g/mol. The molecule has 0 aliphatic carbocycles. The fourth-order valence-electron chi connectivity index (χ4n) is 2.28. The molecule has 0 aliphatic rings. The molecule has 3 aromatic carbocycles. The molecule has 3 aromatic rings. The first-order valence-corrected chi connectivity index (χ1v) is 6.92. The maximum Gasteiger partial charge on any atom is 0.249 e. The number of benzene rings is 3. The number of carbonyl (C=O) groups excluding carboxylic acids is 1. The van der Waals surface area contributed by atoms with E-state index >= 15 is 0 Å². The zero-order valence-electron chi connectivity index (χ0n) is 10.1. The summed E-state index contributed by atoms with van der Waals surface area (Å²) in [5, 5.41) is 4.55. The topological polar surface area (TPSA) is 43.1 Å². The van der Waals surface area contributed by atoms with Gasteiger partial charge in [-0.1, -0.05) is 40.9 Å². The van der Waals surface area contributed by atoms with Crippen LogP contribution in [-0.4, -0.2) is 5.91 Å². The molecule has 20 heavy (non-hydrogen) atoms. The lowest BCUT2D eigenvalue weighted by Crippen LogP contribution is -2.11. The molecule has 100 valence electrons. The monoisotopic (exact) mass is 323 g/mol. The van der Waals surface area contributed by atoms with Gasteiger partial charge in [-0.05, 0) is 41.1 Å². The number of hydrogen-bond acceptors (Lipinski definition) is 1. The standard InChI is InChI=1S/C15H8Cl3NO/c16-12-4-2-8(15(19)20)10-5-7-1-3-13(17)14(18)9(7)6-11(10)12/h1-6H,(H2,19,20). The minimum absolute atomic E-state index is 0.428. The van der Waals surface area contributed by atoms with Crippen LogP contribution in [0.2, 0.25) is 15.1 Å². The predicted molar refractivity (Wildman–Crippen MR) is 85.0 cm³/mol. The van der Waals surface area contributed by atoms with Crippen LogP contribution in [0.3, 0.4) is 0 Å². The van der Waals surface area contributed by atoms with E-state index < -0.39 is 5.91 Å². The van der Waals surface area contributed by atoms with Gasteiger partial charge in [0.2, 0.25) is 5.91 Å². The summed E-state index contributed by atoms with van der Waals surface area (Å²) in [5.74, 6) is -0.494. The molecule has 0 aliphatic heterocycles. The lowest BCUT2D eigenvalue weighted by Gasteiger charge is -2.09. The molecule has 0 fully saturated rings. The van der Waals surface area contributed by atoms with E-state index in [1.165, 1.54) is 0 Å². The number of amides is 1. The second-order valence-corrected chi connectivity index (χ2v) is 5.63. The zero-order chi connectivity index (χ0) is 14.4. The number of hydrogen-bond donors (Lipinski definition) is 1. The molecule has 3 rings (SSSR count). The van der Waals surface area contributed by atoms with Crippen LogP contribution < -0.4 is 5.73 Å². The van der Waals surface area contributed by atoms with E-state index in [9.17, 15) is 4.79 Å². The van der Waals surface area contributed by atoms with Gasteiger partial charge in [0.05, 0.1) is 10.0 Å². The van der Waals surface area contributed by atoms with Crippen LogP contribution in [0.25, 0.3) is 21.5 Å². The Balaban J connectivity index is 2.53. The number of primary amides is 1. The van der Waals surface area contributed by atoms with E-state index in [1.807, 2.05) is 18.2 Å². The summed E-state index contributed by atoms with van der Waals surface area (Å²) in [6.45, 7) is 0. The molecular weight excluding hydrogens is 317 g/mol. The van der Waals surface area contributed by atoms with E-state index in [-0.39, 0.29) is 0 Å². The van der Waals surface area contributed by atoms with Crippen molar-refractivity contribution in [2.24, 2.45) is 5.73 Å². The smallest absolute Gasteiger partial charge is 0.249 e. The number of carbonyl (C=O) groups is 1. The first-order chi connectivity index (χ1) is 9.49. The molecule has 0 spiro atoms. The molecule has 0 saturated carbocycles. The van der Waals surface area contributed by atoms with Crippen molar-refractivity contribution in [1.82, 2.24) is 0 Å². The highest BCUT2D eigenvalue weighted by molar-refractivity contribution is 6.45. The summed E-state index contributed by atoms with van der Waals surface area (Å²) in [4.78, 5) is 11.5.